The van der Waals surface area contributed by atoms with E-state index in [-0.39, 0.29) is 11.8 Å². The highest BCUT2D eigenvalue weighted by molar-refractivity contribution is 5.84. The number of likely N-dealkylation sites (tertiary alicyclic amines) is 1. The van der Waals surface area contributed by atoms with Crippen molar-refractivity contribution in [2.45, 2.75) is 46.6 Å². The van der Waals surface area contributed by atoms with Crippen molar-refractivity contribution in [2.24, 2.45) is 5.41 Å². The minimum absolute atomic E-state index is 0.0217. The van der Waals surface area contributed by atoms with Crippen LogP contribution in [0.15, 0.2) is 12.1 Å². The van der Waals surface area contributed by atoms with Crippen LogP contribution in [0, 0.1) is 12.3 Å². The van der Waals surface area contributed by atoms with Crippen LogP contribution in [-0.4, -0.2) is 47.9 Å². The molecule has 0 radical (unpaired) electrons. The molecule has 3 rings (SSSR count). The molecule has 1 unspecified atom stereocenters. The molecule has 2 amide bonds. The Morgan fingerprint density at radius 3 is 2.60 bits per heavy atom. The third-order valence-electron chi connectivity index (χ3n) is 5.35. The molecular formula is C19H28N4O2. The van der Waals surface area contributed by atoms with Gasteiger partial charge in [-0.25, -0.2) is 4.98 Å². The Kier molecular flexibility index (Phi) is 4.97. The zero-order valence-electron chi connectivity index (χ0n) is 15.5. The van der Waals surface area contributed by atoms with Crippen molar-refractivity contribution in [3.05, 3.63) is 23.4 Å². The Labute approximate surface area is 149 Å². The van der Waals surface area contributed by atoms with E-state index in [9.17, 15) is 9.59 Å². The predicted octanol–water partition coefficient (Wildman–Crippen LogP) is 1.86. The summed E-state index contributed by atoms with van der Waals surface area (Å²) >= 11 is 0. The van der Waals surface area contributed by atoms with Crippen LogP contribution < -0.4 is 10.2 Å². The van der Waals surface area contributed by atoms with Crippen molar-refractivity contribution < 1.29 is 9.59 Å². The number of amides is 2. The van der Waals surface area contributed by atoms with E-state index in [0.29, 0.717) is 26.1 Å². The van der Waals surface area contributed by atoms with Crippen LogP contribution in [0.2, 0.25) is 0 Å². The largest absolute Gasteiger partial charge is 0.357 e. The summed E-state index contributed by atoms with van der Waals surface area (Å²) < 4.78 is 0. The van der Waals surface area contributed by atoms with Gasteiger partial charge in [-0.1, -0.05) is 0 Å². The lowest BCUT2D eigenvalue weighted by molar-refractivity contribution is -0.131. The zero-order valence-corrected chi connectivity index (χ0v) is 15.5. The van der Waals surface area contributed by atoms with Gasteiger partial charge < -0.3 is 15.1 Å². The number of nitrogens with one attached hydrogen (secondary N) is 1. The SMILES string of the molecule is CC(=O)N1CCC(C)(C(=O)NCc2cc(C)nc(N3CCCC3)c2)C1. The molecule has 6 heteroatoms. The number of carbonyl (C=O) groups excluding carboxylic acids is 2. The lowest BCUT2D eigenvalue weighted by Crippen LogP contribution is -2.41. The normalized spacial score (nSPS) is 23.2. The molecule has 1 aromatic rings. The van der Waals surface area contributed by atoms with Crippen molar-refractivity contribution in [2.75, 3.05) is 31.1 Å². The van der Waals surface area contributed by atoms with E-state index in [1.165, 1.54) is 12.8 Å². The first-order chi connectivity index (χ1) is 11.9. The molecule has 0 aliphatic carbocycles. The van der Waals surface area contributed by atoms with Crippen LogP contribution in [0.25, 0.3) is 0 Å². The number of pyridine rings is 1. The molecule has 0 aromatic carbocycles. The highest BCUT2D eigenvalue weighted by Gasteiger charge is 2.41. The van der Waals surface area contributed by atoms with Gasteiger partial charge in [-0.05, 0) is 50.8 Å². The van der Waals surface area contributed by atoms with Crippen molar-refractivity contribution >= 4 is 17.6 Å². The van der Waals surface area contributed by atoms with E-state index in [0.717, 1.165) is 30.2 Å². The van der Waals surface area contributed by atoms with E-state index in [4.69, 9.17) is 0 Å². The van der Waals surface area contributed by atoms with Crippen molar-refractivity contribution in [1.29, 1.82) is 0 Å². The average Bonchev–Trinajstić information content (AvgIpc) is 3.22. The fraction of sp³-hybridized carbons (Fsp3) is 0.632. The van der Waals surface area contributed by atoms with Crippen LogP contribution in [0.4, 0.5) is 5.82 Å². The minimum Gasteiger partial charge on any atom is -0.357 e. The molecule has 3 heterocycles. The van der Waals surface area contributed by atoms with Gasteiger partial charge in [0.05, 0.1) is 5.41 Å². The lowest BCUT2D eigenvalue weighted by Gasteiger charge is -2.23. The molecule has 2 aliphatic heterocycles. The molecule has 0 saturated carbocycles. The highest BCUT2D eigenvalue weighted by atomic mass is 16.2. The highest BCUT2D eigenvalue weighted by Crippen LogP contribution is 2.30. The molecule has 2 aliphatic rings. The summed E-state index contributed by atoms with van der Waals surface area (Å²) in [6.45, 7) is 9.27. The molecule has 0 bridgehead atoms. The Morgan fingerprint density at radius 2 is 1.96 bits per heavy atom. The zero-order chi connectivity index (χ0) is 18.0. The number of carbonyl (C=O) groups is 2. The molecular weight excluding hydrogens is 316 g/mol. The van der Waals surface area contributed by atoms with Crippen LogP contribution in [0.1, 0.15) is 44.4 Å². The molecule has 1 atom stereocenters. The molecule has 2 saturated heterocycles. The quantitative estimate of drug-likeness (QED) is 0.905. The van der Waals surface area contributed by atoms with E-state index in [1.54, 1.807) is 11.8 Å². The Morgan fingerprint density at radius 1 is 1.24 bits per heavy atom. The van der Waals surface area contributed by atoms with Gasteiger partial charge in [0.25, 0.3) is 0 Å². The molecule has 6 nitrogen and oxygen atoms in total. The fourth-order valence-electron chi connectivity index (χ4n) is 3.74. The molecule has 1 aromatic heterocycles. The number of hydrogen-bond acceptors (Lipinski definition) is 4. The van der Waals surface area contributed by atoms with Crippen molar-refractivity contribution in [1.82, 2.24) is 15.2 Å². The van der Waals surface area contributed by atoms with Gasteiger partial charge >= 0.3 is 0 Å². The number of nitrogens with zero attached hydrogens (tertiary/aromatic N) is 3. The molecule has 1 N–H and O–H groups in total. The second kappa shape index (κ2) is 7.02. The third kappa shape index (κ3) is 3.94. The monoisotopic (exact) mass is 344 g/mol. The summed E-state index contributed by atoms with van der Waals surface area (Å²) in [5.74, 6) is 1.07. The standard InChI is InChI=1S/C19H28N4O2/c1-14-10-16(11-17(21-14)22-7-4-5-8-22)12-20-18(25)19(3)6-9-23(13-19)15(2)24/h10-11H,4-9,12-13H2,1-3H3,(H,20,25). The maximum atomic E-state index is 12.7. The van der Waals surface area contributed by atoms with E-state index >= 15 is 0 Å². The molecule has 0 spiro atoms. The molecule has 136 valence electrons. The van der Waals surface area contributed by atoms with Crippen LogP contribution in [0.5, 0.6) is 0 Å². The van der Waals surface area contributed by atoms with Gasteiger partial charge in [-0.3, -0.25) is 9.59 Å². The summed E-state index contributed by atoms with van der Waals surface area (Å²) in [7, 11) is 0. The topological polar surface area (TPSA) is 65.5 Å². The first-order valence-corrected chi connectivity index (χ1v) is 9.14. The summed E-state index contributed by atoms with van der Waals surface area (Å²) in [6.07, 6.45) is 3.15. The third-order valence-corrected chi connectivity index (χ3v) is 5.35. The van der Waals surface area contributed by atoms with Crippen LogP contribution in [-0.2, 0) is 16.1 Å². The van der Waals surface area contributed by atoms with Crippen LogP contribution in [0.3, 0.4) is 0 Å². The maximum Gasteiger partial charge on any atom is 0.228 e. The van der Waals surface area contributed by atoms with E-state index in [1.807, 2.05) is 19.9 Å². The van der Waals surface area contributed by atoms with Crippen LogP contribution >= 0.6 is 0 Å². The fourth-order valence-corrected chi connectivity index (χ4v) is 3.74. The summed E-state index contributed by atoms with van der Waals surface area (Å²) in [5.41, 5.74) is 1.56. The first kappa shape index (κ1) is 17.7. The number of hydrogen-bond donors (Lipinski definition) is 1. The lowest BCUT2D eigenvalue weighted by atomic mass is 9.88. The molecule has 25 heavy (non-hydrogen) atoms. The Hall–Kier alpha value is -2.11. The predicted molar refractivity (Wildman–Crippen MR) is 97.2 cm³/mol. The average molecular weight is 344 g/mol. The second-order valence-corrected chi connectivity index (χ2v) is 7.60. The van der Waals surface area contributed by atoms with E-state index in [2.05, 4.69) is 21.3 Å². The van der Waals surface area contributed by atoms with Gasteiger partial charge in [0, 0.05) is 45.3 Å². The number of rotatable bonds is 4. The van der Waals surface area contributed by atoms with E-state index < -0.39 is 5.41 Å². The first-order valence-electron chi connectivity index (χ1n) is 9.14. The van der Waals surface area contributed by atoms with Gasteiger partial charge in [-0.15, -0.1) is 0 Å². The smallest absolute Gasteiger partial charge is 0.228 e. The van der Waals surface area contributed by atoms with Crippen molar-refractivity contribution in [3.63, 3.8) is 0 Å². The maximum absolute atomic E-state index is 12.7. The van der Waals surface area contributed by atoms with Gasteiger partial charge in [0.2, 0.25) is 11.8 Å². The van der Waals surface area contributed by atoms with Gasteiger partial charge in [-0.2, -0.15) is 0 Å². The summed E-state index contributed by atoms with van der Waals surface area (Å²) in [4.78, 5) is 32.9. The second-order valence-electron chi connectivity index (χ2n) is 7.60. The number of aromatic nitrogens is 1. The minimum atomic E-state index is -0.495. The number of aryl methyl sites for hydroxylation is 1. The number of anilines is 1. The Bertz CT molecular complexity index is 669. The van der Waals surface area contributed by atoms with Gasteiger partial charge in [0.15, 0.2) is 0 Å². The molecule has 2 fully saturated rings. The van der Waals surface area contributed by atoms with Gasteiger partial charge in [0.1, 0.15) is 5.82 Å². The summed E-state index contributed by atoms with van der Waals surface area (Å²) in [6, 6.07) is 4.11. The Balaban J connectivity index is 1.63. The summed E-state index contributed by atoms with van der Waals surface area (Å²) in [5, 5.41) is 3.06. The van der Waals surface area contributed by atoms with Crippen molar-refractivity contribution in [3.8, 4) is 0 Å².